The van der Waals surface area contributed by atoms with Gasteiger partial charge in [0.15, 0.2) is 5.11 Å². The number of rotatable bonds is 6. The van der Waals surface area contributed by atoms with Crippen LogP contribution in [0.2, 0.25) is 0 Å². The van der Waals surface area contributed by atoms with Gasteiger partial charge in [-0.25, -0.2) is 4.39 Å². The number of quaternary nitrogens is 1. The molecule has 144 valence electrons. The van der Waals surface area contributed by atoms with Crippen LogP contribution in [-0.4, -0.2) is 31.9 Å². The average molecular weight is 389 g/mol. The van der Waals surface area contributed by atoms with Crippen LogP contribution in [0.15, 0.2) is 48.5 Å². The molecule has 1 heterocycles. The minimum Gasteiger partial charge on any atom is -0.497 e. The van der Waals surface area contributed by atoms with Gasteiger partial charge in [-0.1, -0.05) is 0 Å². The summed E-state index contributed by atoms with van der Waals surface area (Å²) in [5, 5.41) is 7.02. The fourth-order valence-corrected chi connectivity index (χ4v) is 3.79. The zero-order valence-corrected chi connectivity index (χ0v) is 16.4. The van der Waals surface area contributed by atoms with Crippen LogP contribution in [-0.2, 0) is 0 Å². The van der Waals surface area contributed by atoms with Crippen LogP contribution < -0.4 is 20.3 Å². The second-order valence-electron chi connectivity index (χ2n) is 6.89. The number of nitrogens with one attached hydrogen (secondary N) is 3. The first-order chi connectivity index (χ1) is 13.2. The van der Waals surface area contributed by atoms with Crippen LogP contribution in [0.1, 0.15) is 30.9 Å². The Bertz CT molecular complexity index is 730. The van der Waals surface area contributed by atoms with Crippen molar-refractivity contribution in [3.8, 4) is 5.75 Å². The predicted molar refractivity (Wildman–Crippen MR) is 111 cm³/mol. The highest BCUT2D eigenvalue weighted by molar-refractivity contribution is 7.80. The fraction of sp³-hybridized carbons (Fsp3) is 0.381. The molecule has 0 spiro atoms. The lowest BCUT2D eigenvalue weighted by atomic mass is 10.0. The third-order valence-corrected chi connectivity index (χ3v) is 5.32. The van der Waals surface area contributed by atoms with Crippen LogP contribution in [0.25, 0.3) is 0 Å². The molecule has 27 heavy (non-hydrogen) atoms. The van der Waals surface area contributed by atoms with E-state index >= 15 is 0 Å². The molecule has 0 radical (unpaired) electrons. The number of benzene rings is 2. The Hall–Kier alpha value is -2.18. The molecule has 1 aliphatic heterocycles. The maximum absolute atomic E-state index is 13.0. The molecule has 3 N–H and O–H groups in total. The highest BCUT2D eigenvalue weighted by Crippen LogP contribution is 2.17. The van der Waals surface area contributed by atoms with Gasteiger partial charge in [0.05, 0.1) is 26.7 Å². The normalized spacial score (nSPS) is 15.8. The average Bonchev–Trinajstić information content (AvgIpc) is 2.71. The van der Waals surface area contributed by atoms with E-state index in [0.29, 0.717) is 11.2 Å². The Labute approximate surface area is 165 Å². The summed E-state index contributed by atoms with van der Waals surface area (Å²) in [4.78, 5) is 1.59. The number of thiocarbonyl (C=S) groups is 1. The molecule has 6 heteroatoms. The zero-order valence-electron chi connectivity index (χ0n) is 15.6. The molecule has 0 unspecified atom stereocenters. The quantitative estimate of drug-likeness (QED) is 0.666. The predicted octanol–water partition coefficient (Wildman–Crippen LogP) is 2.93. The van der Waals surface area contributed by atoms with Crippen molar-refractivity contribution in [1.82, 2.24) is 5.32 Å². The van der Waals surface area contributed by atoms with E-state index in [0.717, 1.165) is 18.0 Å². The summed E-state index contributed by atoms with van der Waals surface area (Å²) in [5.41, 5.74) is 2.06. The van der Waals surface area contributed by atoms with Gasteiger partial charge in [-0.15, -0.1) is 0 Å². The molecule has 1 fully saturated rings. The van der Waals surface area contributed by atoms with Crippen molar-refractivity contribution < 1.29 is 14.0 Å². The van der Waals surface area contributed by atoms with Crippen molar-refractivity contribution in [2.24, 2.45) is 0 Å². The molecule has 0 amide bonds. The van der Waals surface area contributed by atoms with E-state index in [2.05, 4.69) is 22.8 Å². The van der Waals surface area contributed by atoms with Gasteiger partial charge in [-0.2, -0.15) is 0 Å². The molecule has 2 aromatic carbocycles. The Morgan fingerprint density at radius 2 is 1.74 bits per heavy atom. The number of ether oxygens (including phenoxy) is 1. The van der Waals surface area contributed by atoms with Gasteiger partial charge in [0.1, 0.15) is 17.6 Å². The first-order valence-corrected chi connectivity index (χ1v) is 9.85. The van der Waals surface area contributed by atoms with E-state index in [1.54, 1.807) is 24.1 Å². The minimum atomic E-state index is -0.257. The number of piperidine rings is 1. The molecule has 0 saturated carbocycles. The maximum Gasteiger partial charge on any atom is 0.171 e. The zero-order chi connectivity index (χ0) is 19.1. The summed E-state index contributed by atoms with van der Waals surface area (Å²) in [6.07, 6.45) is 3.84. The lowest BCUT2D eigenvalue weighted by molar-refractivity contribution is -0.934. The molecule has 1 saturated heterocycles. The second-order valence-corrected chi connectivity index (χ2v) is 7.29. The van der Waals surface area contributed by atoms with E-state index < -0.39 is 0 Å². The van der Waals surface area contributed by atoms with E-state index in [4.69, 9.17) is 17.0 Å². The van der Waals surface area contributed by atoms with Crippen LogP contribution in [0, 0.1) is 5.82 Å². The number of likely N-dealkylation sites (tertiary alicyclic amines) is 1. The standard InChI is InChI=1S/C21H26FN3OS/c1-26-19-11-5-16(6-12-19)20(25-13-3-2-4-14-25)15-23-21(27)24-18-9-7-17(22)8-10-18/h5-12,20H,2-4,13-15H2,1H3,(H2,23,24,27)/p+1/t20-/m1/s1. The highest BCUT2D eigenvalue weighted by atomic mass is 32.1. The van der Waals surface area contributed by atoms with E-state index in [1.807, 2.05) is 12.1 Å². The smallest absolute Gasteiger partial charge is 0.171 e. The van der Waals surface area contributed by atoms with Crippen LogP contribution in [0.5, 0.6) is 5.75 Å². The van der Waals surface area contributed by atoms with Gasteiger partial charge in [-0.3, -0.25) is 0 Å². The third kappa shape index (κ3) is 5.65. The van der Waals surface area contributed by atoms with Gasteiger partial charge in [-0.05, 0) is 80.0 Å². The largest absolute Gasteiger partial charge is 0.497 e. The maximum atomic E-state index is 13.0. The van der Waals surface area contributed by atoms with E-state index in [1.165, 1.54) is 50.0 Å². The lowest BCUT2D eigenvalue weighted by Crippen LogP contribution is -3.13. The summed E-state index contributed by atoms with van der Waals surface area (Å²) in [5.74, 6) is 0.611. The Balaban J connectivity index is 1.64. The van der Waals surface area contributed by atoms with Crippen LogP contribution >= 0.6 is 12.2 Å². The molecule has 1 aliphatic rings. The molecule has 0 bridgehead atoms. The van der Waals surface area contributed by atoms with Crippen molar-refractivity contribution in [2.75, 3.05) is 32.1 Å². The summed E-state index contributed by atoms with van der Waals surface area (Å²) < 4.78 is 18.3. The summed E-state index contributed by atoms with van der Waals surface area (Å²) in [6, 6.07) is 14.8. The van der Waals surface area contributed by atoms with Gasteiger partial charge < -0.3 is 20.3 Å². The molecule has 0 aromatic heterocycles. The fourth-order valence-electron chi connectivity index (χ4n) is 3.59. The first kappa shape index (κ1) is 19.6. The molecule has 1 atom stereocenters. The number of hydrogen-bond donors (Lipinski definition) is 3. The second kappa shape index (κ2) is 9.67. The molecular formula is C21H27FN3OS+. The number of halogens is 1. The lowest BCUT2D eigenvalue weighted by Gasteiger charge is -2.32. The summed E-state index contributed by atoms with van der Waals surface area (Å²) in [6.45, 7) is 3.10. The number of methoxy groups -OCH3 is 1. The van der Waals surface area contributed by atoms with Crippen molar-refractivity contribution in [1.29, 1.82) is 0 Å². The van der Waals surface area contributed by atoms with Crippen molar-refractivity contribution >= 4 is 23.0 Å². The van der Waals surface area contributed by atoms with Crippen LogP contribution in [0.3, 0.4) is 0 Å². The first-order valence-electron chi connectivity index (χ1n) is 9.44. The van der Waals surface area contributed by atoms with Gasteiger partial charge >= 0.3 is 0 Å². The Morgan fingerprint density at radius 3 is 2.37 bits per heavy atom. The molecular weight excluding hydrogens is 361 g/mol. The minimum absolute atomic E-state index is 0.257. The van der Waals surface area contributed by atoms with Crippen molar-refractivity contribution in [3.63, 3.8) is 0 Å². The monoisotopic (exact) mass is 388 g/mol. The molecule has 3 rings (SSSR count). The van der Waals surface area contributed by atoms with Crippen LogP contribution in [0.4, 0.5) is 10.1 Å². The molecule has 4 nitrogen and oxygen atoms in total. The Morgan fingerprint density at radius 1 is 1.07 bits per heavy atom. The molecule has 2 aromatic rings. The third-order valence-electron chi connectivity index (χ3n) is 5.08. The van der Waals surface area contributed by atoms with Crippen molar-refractivity contribution in [2.45, 2.75) is 25.3 Å². The Kier molecular flexibility index (Phi) is 7.01. The SMILES string of the molecule is COc1ccc([C@@H](CNC(=S)Nc2ccc(F)cc2)[NH+]2CCCCC2)cc1. The van der Waals surface area contributed by atoms with Gasteiger partial charge in [0, 0.05) is 11.3 Å². The number of hydrogen-bond acceptors (Lipinski definition) is 2. The number of anilines is 1. The van der Waals surface area contributed by atoms with Gasteiger partial charge in [0.25, 0.3) is 0 Å². The summed E-state index contributed by atoms with van der Waals surface area (Å²) in [7, 11) is 1.68. The topological polar surface area (TPSA) is 37.7 Å². The summed E-state index contributed by atoms with van der Waals surface area (Å²) >= 11 is 5.43. The van der Waals surface area contributed by atoms with E-state index in [9.17, 15) is 4.39 Å². The highest BCUT2D eigenvalue weighted by Gasteiger charge is 2.26. The van der Waals surface area contributed by atoms with E-state index in [-0.39, 0.29) is 5.82 Å². The van der Waals surface area contributed by atoms with Crippen molar-refractivity contribution in [3.05, 3.63) is 59.9 Å². The molecule has 0 aliphatic carbocycles. The van der Waals surface area contributed by atoms with Gasteiger partial charge in [0.2, 0.25) is 0 Å².